The normalized spacial score (nSPS) is 32.5. The van der Waals surface area contributed by atoms with Crippen LogP contribution < -0.4 is 5.43 Å². The molecule has 4 nitrogen and oxygen atoms in total. The molecule has 2 heterocycles. The van der Waals surface area contributed by atoms with Gasteiger partial charge in [0.2, 0.25) is 0 Å². The van der Waals surface area contributed by atoms with E-state index in [2.05, 4.69) is 22.4 Å². The van der Waals surface area contributed by atoms with E-state index in [0.29, 0.717) is 6.04 Å². The van der Waals surface area contributed by atoms with Crippen LogP contribution in [0.25, 0.3) is 0 Å². The zero-order valence-electron chi connectivity index (χ0n) is 8.33. The van der Waals surface area contributed by atoms with E-state index >= 15 is 0 Å². The minimum Gasteiger partial charge on any atom is -0.379 e. The van der Waals surface area contributed by atoms with Crippen molar-refractivity contribution in [1.29, 1.82) is 0 Å². The maximum absolute atomic E-state index is 5.29. The Hall–Kier alpha value is -0.160. The van der Waals surface area contributed by atoms with Crippen molar-refractivity contribution in [3.63, 3.8) is 0 Å². The third kappa shape index (κ3) is 2.64. The highest BCUT2D eigenvalue weighted by atomic mass is 16.5. The first kappa shape index (κ1) is 9.40. The molecule has 0 amide bonds. The van der Waals surface area contributed by atoms with Crippen LogP contribution in [-0.4, -0.2) is 62.4 Å². The minimum absolute atomic E-state index is 0.656. The number of ether oxygens (including phenoxy) is 1. The molecule has 0 saturated carbocycles. The van der Waals surface area contributed by atoms with Crippen LogP contribution in [0.2, 0.25) is 0 Å². The molecule has 4 heteroatoms. The van der Waals surface area contributed by atoms with E-state index in [1.807, 2.05) is 0 Å². The van der Waals surface area contributed by atoms with Gasteiger partial charge in [-0.15, -0.1) is 0 Å². The van der Waals surface area contributed by atoms with Gasteiger partial charge in [0.15, 0.2) is 0 Å². The van der Waals surface area contributed by atoms with Gasteiger partial charge in [-0.25, -0.2) is 5.01 Å². The number of likely N-dealkylation sites (tertiary alicyclic amines) is 1. The van der Waals surface area contributed by atoms with Crippen molar-refractivity contribution in [2.75, 3.05) is 46.4 Å². The molecular formula is C9H19N3O. The molecule has 2 aliphatic heterocycles. The van der Waals surface area contributed by atoms with Gasteiger partial charge in [-0.3, -0.25) is 5.43 Å². The average Bonchev–Trinajstić information content (AvgIpc) is 2.53. The Labute approximate surface area is 79.8 Å². The number of likely N-dealkylation sites (N-methyl/N-ethyl adjacent to an activating group) is 1. The summed E-state index contributed by atoms with van der Waals surface area (Å²) < 4.78 is 5.29. The molecule has 0 spiro atoms. The first-order valence-corrected chi connectivity index (χ1v) is 5.12. The standard InChI is InChI=1S/C9H19N3O/c1-11-3-2-9(8-11)10-12-4-6-13-7-5-12/h9-10H,2-8H2,1H3. The fourth-order valence-corrected chi connectivity index (χ4v) is 1.99. The summed E-state index contributed by atoms with van der Waals surface area (Å²) in [6.07, 6.45) is 1.27. The fourth-order valence-electron chi connectivity index (χ4n) is 1.99. The summed E-state index contributed by atoms with van der Waals surface area (Å²) in [4.78, 5) is 2.37. The molecule has 2 aliphatic rings. The molecule has 2 rings (SSSR count). The van der Waals surface area contributed by atoms with Gasteiger partial charge in [0.05, 0.1) is 13.2 Å². The number of hydrazine groups is 1. The maximum Gasteiger partial charge on any atom is 0.0608 e. The van der Waals surface area contributed by atoms with Crippen LogP contribution in [0.5, 0.6) is 0 Å². The molecule has 1 N–H and O–H groups in total. The molecule has 1 unspecified atom stereocenters. The van der Waals surface area contributed by atoms with Gasteiger partial charge in [-0.1, -0.05) is 0 Å². The predicted octanol–water partition coefficient (Wildman–Crippen LogP) is -0.473. The second-order valence-corrected chi connectivity index (χ2v) is 3.98. The molecule has 2 saturated heterocycles. The number of nitrogens with one attached hydrogen (secondary N) is 1. The fraction of sp³-hybridized carbons (Fsp3) is 1.00. The monoisotopic (exact) mass is 185 g/mol. The largest absolute Gasteiger partial charge is 0.379 e. The smallest absolute Gasteiger partial charge is 0.0608 e. The van der Waals surface area contributed by atoms with E-state index in [-0.39, 0.29) is 0 Å². The first-order valence-electron chi connectivity index (χ1n) is 5.12. The Morgan fingerprint density at radius 3 is 2.62 bits per heavy atom. The molecule has 1 atom stereocenters. The van der Waals surface area contributed by atoms with Gasteiger partial charge in [-0.2, -0.15) is 0 Å². The molecular weight excluding hydrogens is 166 g/mol. The van der Waals surface area contributed by atoms with E-state index in [0.717, 1.165) is 26.3 Å². The summed E-state index contributed by atoms with van der Waals surface area (Å²) >= 11 is 0. The second-order valence-electron chi connectivity index (χ2n) is 3.98. The van der Waals surface area contributed by atoms with Crippen LogP contribution in [0.1, 0.15) is 6.42 Å². The van der Waals surface area contributed by atoms with Crippen molar-refractivity contribution < 1.29 is 4.74 Å². The zero-order chi connectivity index (χ0) is 9.10. The van der Waals surface area contributed by atoms with Crippen molar-refractivity contribution in [3.05, 3.63) is 0 Å². The molecule has 76 valence electrons. The first-order chi connectivity index (χ1) is 6.34. The summed E-state index contributed by atoms with van der Waals surface area (Å²) in [5.74, 6) is 0. The highest BCUT2D eigenvalue weighted by Crippen LogP contribution is 2.07. The molecule has 2 fully saturated rings. The number of rotatable bonds is 2. The van der Waals surface area contributed by atoms with Crippen LogP contribution in [0.15, 0.2) is 0 Å². The van der Waals surface area contributed by atoms with Gasteiger partial charge >= 0.3 is 0 Å². The Morgan fingerprint density at radius 1 is 1.23 bits per heavy atom. The highest BCUT2D eigenvalue weighted by Gasteiger charge is 2.21. The van der Waals surface area contributed by atoms with Gasteiger partial charge < -0.3 is 9.64 Å². The molecule has 0 aromatic heterocycles. The number of morpholine rings is 1. The maximum atomic E-state index is 5.29. The summed E-state index contributed by atoms with van der Waals surface area (Å²) in [5, 5.41) is 2.30. The average molecular weight is 185 g/mol. The summed E-state index contributed by atoms with van der Waals surface area (Å²) in [6.45, 7) is 6.20. The summed E-state index contributed by atoms with van der Waals surface area (Å²) in [5.41, 5.74) is 3.56. The lowest BCUT2D eigenvalue weighted by Crippen LogP contribution is -2.50. The summed E-state index contributed by atoms with van der Waals surface area (Å²) in [7, 11) is 2.18. The summed E-state index contributed by atoms with van der Waals surface area (Å²) in [6, 6.07) is 0.656. The number of nitrogens with zero attached hydrogens (tertiary/aromatic N) is 2. The van der Waals surface area contributed by atoms with Crippen LogP contribution in [-0.2, 0) is 4.74 Å². The molecule has 0 bridgehead atoms. The molecule has 13 heavy (non-hydrogen) atoms. The lowest BCUT2D eigenvalue weighted by atomic mass is 10.3. The van der Waals surface area contributed by atoms with E-state index in [4.69, 9.17) is 4.74 Å². The Kier molecular flexibility index (Phi) is 3.16. The van der Waals surface area contributed by atoms with Crippen molar-refractivity contribution in [3.8, 4) is 0 Å². The van der Waals surface area contributed by atoms with E-state index < -0.39 is 0 Å². The topological polar surface area (TPSA) is 27.7 Å². The second kappa shape index (κ2) is 4.37. The zero-order valence-corrected chi connectivity index (χ0v) is 8.33. The van der Waals surface area contributed by atoms with Crippen molar-refractivity contribution in [2.45, 2.75) is 12.5 Å². The number of hydrogen-bond acceptors (Lipinski definition) is 4. The van der Waals surface area contributed by atoms with Crippen LogP contribution in [0.4, 0.5) is 0 Å². The molecule has 0 aliphatic carbocycles. The van der Waals surface area contributed by atoms with E-state index in [1.54, 1.807) is 0 Å². The minimum atomic E-state index is 0.656. The number of hydrogen-bond donors (Lipinski definition) is 1. The molecule has 0 aromatic carbocycles. The van der Waals surface area contributed by atoms with Crippen LogP contribution >= 0.6 is 0 Å². The third-order valence-electron chi connectivity index (χ3n) is 2.77. The van der Waals surface area contributed by atoms with Crippen molar-refractivity contribution in [1.82, 2.24) is 15.3 Å². The van der Waals surface area contributed by atoms with Crippen LogP contribution in [0.3, 0.4) is 0 Å². The lowest BCUT2D eigenvalue weighted by Gasteiger charge is -2.30. The Morgan fingerprint density at radius 2 is 2.00 bits per heavy atom. The SMILES string of the molecule is CN1CCC(NN2CCOCC2)C1. The third-order valence-corrected chi connectivity index (χ3v) is 2.77. The van der Waals surface area contributed by atoms with Gasteiger partial charge in [-0.05, 0) is 20.0 Å². The molecule has 0 radical (unpaired) electrons. The van der Waals surface area contributed by atoms with E-state index in [9.17, 15) is 0 Å². The molecule has 0 aromatic rings. The Balaban J connectivity index is 1.71. The highest BCUT2D eigenvalue weighted by molar-refractivity contribution is 4.78. The Bertz CT molecular complexity index is 156. The predicted molar refractivity (Wildman–Crippen MR) is 51.4 cm³/mol. The van der Waals surface area contributed by atoms with E-state index in [1.165, 1.54) is 19.5 Å². The lowest BCUT2D eigenvalue weighted by molar-refractivity contribution is 0.00456. The van der Waals surface area contributed by atoms with Crippen molar-refractivity contribution in [2.24, 2.45) is 0 Å². The van der Waals surface area contributed by atoms with Gasteiger partial charge in [0, 0.05) is 25.7 Å². The van der Waals surface area contributed by atoms with Gasteiger partial charge in [0.1, 0.15) is 0 Å². The quantitative estimate of drug-likeness (QED) is 0.629. The van der Waals surface area contributed by atoms with Crippen molar-refractivity contribution >= 4 is 0 Å². The van der Waals surface area contributed by atoms with Gasteiger partial charge in [0.25, 0.3) is 0 Å². The van der Waals surface area contributed by atoms with Crippen LogP contribution in [0, 0.1) is 0 Å².